The van der Waals surface area contributed by atoms with Crippen LogP contribution in [0.2, 0.25) is 0 Å². The van der Waals surface area contributed by atoms with Gasteiger partial charge in [-0.25, -0.2) is 8.78 Å². The van der Waals surface area contributed by atoms with Gasteiger partial charge in [-0.3, -0.25) is 4.79 Å². The van der Waals surface area contributed by atoms with Gasteiger partial charge < -0.3 is 10.1 Å². The van der Waals surface area contributed by atoms with Crippen LogP contribution in [0.4, 0.5) is 14.5 Å². The molecule has 0 bridgehead atoms. The summed E-state index contributed by atoms with van der Waals surface area (Å²) >= 11 is 0. The summed E-state index contributed by atoms with van der Waals surface area (Å²) in [5.74, 6) is -2.99. The molecule has 0 aliphatic rings. The van der Waals surface area contributed by atoms with E-state index in [0.29, 0.717) is 6.07 Å². The number of carbonyl (C=O) groups excluding carboxylic acids is 1. The highest BCUT2D eigenvalue weighted by molar-refractivity contribution is 5.94. The van der Waals surface area contributed by atoms with Gasteiger partial charge in [-0.05, 0) is 6.07 Å². The lowest BCUT2D eigenvalue weighted by Crippen LogP contribution is -2.01. The van der Waals surface area contributed by atoms with Crippen LogP contribution < -0.4 is 0 Å². The summed E-state index contributed by atoms with van der Waals surface area (Å²) in [5.41, 5.74) is -0.257. The van der Waals surface area contributed by atoms with Crippen LogP contribution in [0.5, 0.6) is 5.88 Å². The number of fused-ring (bicyclic) bond motifs is 1. The fourth-order valence-electron chi connectivity index (χ4n) is 1.51. The van der Waals surface area contributed by atoms with Gasteiger partial charge in [-0.15, -0.1) is 10.2 Å². The number of hydrogen-bond donors (Lipinski definition) is 2. The lowest BCUT2D eigenvalue weighted by Gasteiger charge is -1.96. The van der Waals surface area contributed by atoms with Crippen molar-refractivity contribution in [3.05, 3.63) is 23.8 Å². The van der Waals surface area contributed by atoms with Gasteiger partial charge in [0, 0.05) is 17.4 Å². The predicted octanol–water partition coefficient (Wildman–Crippen LogP) is 3.42. The van der Waals surface area contributed by atoms with E-state index in [1.165, 1.54) is 0 Å². The molecule has 5 nitrogen and oxygen atoms in total. The molecule has 7 heteroatoms. The van der Waals surface area contributed by atoms with Crippen LogP contribution in [0.3, 0.4) is 0 Å². The van der Waals surface area contributed by atoms with Gasteiger partial charge in [0.1, 0.15) is 11.6 Å². The Hall–Kier alpha value is -2.31. The smallest absolute Gasteiger partial charge is 0.267 e. The summed E-state index contributed by atoms with van der Waals surface area (Å²) < 4.78 is 26.6. The second-order valence-corrected chi connectivity index (χ2v) is 4.33. The first-order valence-corrected chi connectivity index (χ1v) is 5.55. The molecule has 0 fully saturated rings. The topological polar surface area (TPSA) is 77.8 Å². The highest BCUT2D eigenvalue weighted by Crippen LogP contribution is 2.37. The number of nitrogens with one attached hydrogen (secondary N) is 1. The minimum Gasteiger partial charge on any atom is -0.493 e. The van der Waals surface area contributed by atoms with Crippen LogP contribution >= 0.6 is 0 Å². The number of rotatable bonds is 2. The van der Waals surface area contributed by atoms with Crippen LogP contribution in [0.15, 0.2) is 22.4 Å². The molecule has 19 heavy (non-hydrogen) atoms. The number of benzene rings is 1. The molecule has 2 N–H and O–H groups in total. The summed E-state index contributed by atoms with van der Waals surface area (Å²) in [6.07, 6.45) is 0. The Kier molecular flexibility index (Phi) is 3.28. The standard InChI is InChI=1S/C12H11F2N3O2/c1-5(2)11(18)17-16-10-7-3-6(13)4-8(14)9(7)15-12(10)19/h3-5,15,19H,1-2H3. The zero-order valence-corrected chi connectivity index (χ0v) is 10.2. The van der Waals surface area contributed by atoms with E-state index >= 15 is 0 Å². The van der Waals surface area contributed by atoms with Gasteiger partial charge in [0.25, 0.3) is 5.91 Å². The van der Waals surface area contributed by atoms with E-state index in [2.05, 4.69) is 15.2 Å². The molecule has 0 aliphatic heterocycles. The average molecular weight is 267 g/mol. The molecule has 0 radical (unpaired) electrons. The maximum Gasteiger partial charge on any atom is 0.267 e. The van der Waals surface area contributed by atoms with Crippen LogP contribution in [-0.2, 0) is 4.79 Å². The number of aromatic nitrogens is 1. The SMILES string of the molecule is CC(C)C(=O)N=Nc1c(O)[nH]c2c(F)cc(F)cc12. The number of hydrogen-bond acceptors (Lipinski definition) is 3. The van der Waals surface area contributed by atoms with E-state index in [9.17, 15) is 18.7 Å². The Balaban J connectivity index is 2.55. The van der Waals surface area contributed by atoms with E-state index in [1.807, 2.05) is 0 Å². The van der Waals surface area contributed by atoms with Crippen molar-refractivity contribution in [2.75, 3.05) is 0 Å². The minimum atomic E-state index is -0.859. The van der Waals surface area contributed by atoms with Crippen LogP contribution in [0.1, 0.15) is 13.8 Å². The molecule has 0 spiro atoms. The Morgan fingerprint density at radius 2 is 2.05 bits per heavy atom. The average Bonchev–Trinajstić information content (AvgIpc) is 2.63. The molecule has 1 aromatic carbocycles. The highest BCUT2D eigenvalue weighted by atomic mass is 19.1. The molecule has 0 unspecified atom stereocenters. The Bertz CT molecular complexity index is 677. The summed E-state index contributed by atoms with van der Waals surface area (Å²) in [7, 11) is 0. The second-order valence-electron chi connectivity index (χ2n) is 4.33. The van der Waals surface area contributed by atoms with E-state index < -0.39 is 23.4 Å². The third-order valence-electron chi connectivity index (χ3n) is 2.52. The minimum absolute atomic E-state index is 0.0234. The predicted molar refractivity (Wildman–Crippen MR) is 64.2 cm³/mol. The van der Waals surface area contributed by atoms with Crippen molar-refractivity contribution in [2.24, 2.45) is 16.1 Å². The van der Waals surface area contributed by atoms with Crippen LogP contribution in [0, 0.1) is 17.6 Å². The normalized spacial score (nSPS) is 11.8. The number of aromatic amines is 1. The molecule has 0 saturated heterocycles. The quantitative estimate of drug-likeness (QED) is 0.818. The molecular weight excluding hydrogens is 256 g/mol. The summed E-state index contributed by atoms with van der Waals surface area (Å²) in [5, 5.41) is 16.6. The number of amides is 1. The van der Waals surface area contributed by atoms with Crippen molar-refractivity contribution in [3.8, 4) is 5.88 Å². The molecular formula is C12H11F2N3O2. The number of nitrogens with zero attached hydrogens (tertiary/aromatic N) is 2. The van der Waals surface area contributed by atoms with Gasteiger partial charge in [0.2, 0.25) is 5.88 Å². The Morgan fingerprint density at radius 1 is 1.37 bits per heavy atom. The number of aromatic hydroxyl groups is 1. The molecule has 1 aromatic heterocycles. The van der Waals surface area contributed by atoms with Gasteiger partial charge >= 0.3 is 0 Å². The first-order valence-electron chi connectivity index (χ1n) is 5.55. The van der Waals surface area contributed by atoms with Gasteiger partial charge in [-0.2, -0.15) is 0 Å². The first kappa shape index (κ1) is 13.1. The van der Waals surface area contributed by atoms with Crippen molar-refractivity contribution in [3.63, 3.8) is 0 Å². The monoisotopic (exact) mass is 267 g/mol. The van der Waals surface area contributed by atoms with Crippen LogP contribution in [0.25, 0.3) is 10.9 Å². The van der Waals surface area contributed by atoms with Crippen molar-refractivity contribution < 1.29 is 18.7 Å². The Labute approximate surface area is 107 Å². The lowest BCUT2D eigenvalue weighted by molar-refractivity contribution is -0.121. The first-order chi connectivity index (χ1) is 8.90. The van der Waals surface area contributed by atoms with E-state index in [-0.39, 0.29) is 22.5 Å². The van der Waals surface area contributed by atoms with Crippen molar-refractivity contribution in [2.45, 2.75) is 13.8 Å². The van der Waals surface area contributed by atoms with Crippen molar-refractivity contribution >= 4 is 22.5 Å². The Morgan fingerprint density at radius 3 is 2.68 bits per heavy atom. The zero-order chi connectivity index (χ0) is 14.2. The van der Waals surface area contributed by atoms with Gasteiger partial charge in [0.05, 0.1) is 5.52 Å². The molecule has 0 aliphatic carbocycles. The fourth-order valence-corrected chi connectivity index (χ4v) is 1.51. The number of halogens is 2. The van der Waals surface area contributed by atoms with Crippen LogP contribution in [-0.4, -0.2) is 16.0 Å². The number of H-pyrrole nitrogens is 1. The third-order valence-corrected chi connectivity index (χ3v) is 2.52. The van der Waals surface area contributed by atoms with Crippen molar-refractivity contribution in [1.82, 2.24) is 4.98 Å². The van der Waals surface area contributed by atoms with E-state index in [0.717, 1.165) is 6.07 Å². The second kappa shape index (κ2) is 4.75. The number of carbonyl (C=O) groups is 1. The molecule has 0 saturated carbocycles. The molecule has 1 amide bonds. The summed E-state index contributed by atoms with van der Waals surface area (Å²) in [4.78, 5) is 13.6. The lowest BCUT2D eigenvalue weighted by atomic mass is 10.2. The molecule has 100 valence electrons. The molecule has 0 atom stereocenters. The summed E-state index contributed by atoms with van der Waals surface area (Å²) in [6.45, 7) is 3.27. The largest absolute Gasteiger partial charge is 0.493 e. The number of azo groups is 1. The molecule has 2 rings (SSSR count). The van der Waals surface area contributed by atoms with Gasteiger partial charge in [0.15, 0.2) is 5.69 Å². The third kappa shape index (κ3) is 2.44. The maximum atomic E-state index is 13.4. The van der Waals surface area contributed by atoms with Crippen molar-refractivity contribution in [1.29, 1.82) is 0 Å². The summed E-state index contributed by atoms with van der Waals surface area (Å²) in [6, 6.07) is 1.68. The van der Waals surface area contributed by atoms with E-state index in [4.69, 9.17) is 0 Å². The van der Waals surface area contributed by atoms with Gasteiger partial charge in [-0.1, -0.05) is 13.8 Å². The molecule has 2 aromatic rings. The fraction of sp³-hybridized carbons (Fsp3) is 0.250. The maximum absolute atomic E-state index is 13.4. The van der Waals surface area contributed by atoms with E-state index in [1.54, 1.807) is 13.8 Å². The highest BCUT2D eigenvalue weighted by Gasteiger charge is 2.16. The zero-order valence-electron chi connectivity index (χ0n) is 10.2. The molecule has 1 heterocycles.